The fourth-order valence-corrected chi connectivity index (χ4v) is 2.10. The molecule has 0 saturated heterocycles. The van der Waals surface area contributed by atoms with Gasteiger partial charge in [-0.1, -0.05) is 11.6 Å². The summed E-state index contributed by atoms with van der Waals surface area (Å²) >= 11 is 7.78. The first-order valence-corrected chi connectivity index (χ1v) is 5.88. The maximum atomic E-state index is 6.19. The number of halogens is 1. The molecule has 2 aromatic rings. The lowest BCUT2D eigenvalue weighted by Gasteiger charge is -2.05. The Morgan fingerprint density at radius 1 is 1.20 bits per heavy atom. The Morgan fingerprint density at radius 2 is 2.07 bits per heavy atom. The van der Waals surface area contributed by atoms with Crippen molar-refractivity contribution in [3.8, 4) is 11.4 Å². The molecule has 0 aromatic carbocycles. The Kier molecular flexibility index (Phi) is 3.18. The van der Waals surface area contributed by atoms with Gasteiger partial charge in [0.25, 0.3) is 0 Å². The molecule has 5 heteroatoms. The van der Waals surface area contributed by atoms with Gasteiger partial charge in [-0.05, 0) is 12.3 Å². The van der Waals surface area contributed by atoms with Gasteiger partial charge < -0.3 is 0 Å². The first-order valence-electron chi connectivity index (χ1n) is 4.28. The van der Waals surface area contributed by atoms with Crippen LogP contribution in [0.15, 0.2) is 35.7 Å². The van der Waals surface area contributed by atoms with Gasteiger partial charge in [-0.25, -0.2) is 0 Å². The van der Waals surface area contributed by atoms with Crippen molar-refractivity contribution in [2.75, 3.05) is 6.26 Å². The number of aromatic nitrogens is 3. The third-order valence-corrected chi connectivity index (χ3v) is 3.15. The van der Waals surface area contributed by atoms with Crippen LogP contribution in [-0.4, -0.2) is 21.2 Å². The number of thioether (sulfide) groups is 1. The molecule has 0 bridgehead atoms. The highest BCUT2D eigenvalue weighted by Gasteiger charge is 2.09. The first kappa shape index (κ1) is 10.4. The van der Waals surface area contributed by atoms with Crippen molar-refractivity contribution in [1.82, 2.24) is 15.0 Å². The molecule has 2 aromatic heterocycles. The van der Waals surface area contributed by atoms with Crippen LogP contribution in [0, 0.1) is 0 Å². The van der Waals surface area contributed by atoms with Crippen LogP contribution in [0.5, 0.6) is 0 Å². The highest BCUT2D eigenvalue weighted by molar-refractivity contribution is 7.98. The highest BCUT2D eigenvalue weighted by atomic mass is 35.5. The molecule has 0 N–H and O–H groups in total. The van der Waals surface area contributed by atoms with Gasteiger partial charge in [0, 0.05) is 23.5 Å². The molecule has 0 unspecified atom stereocenters. The van der Waals surface area contributed by atoms with Gasteiger partial charge in [0.15, 0.2) is 0 Å². The zero-order chi connectivity index (χ0) is 10.7. The molecular weight excluding hydrogens is 230 g/mol. The summed E-state index contributed by atoms with van der Waals surface area (Å²) in [4.78, 5) is 13.4. The largest absolute Gasteiger partial charge is 0.261 e. The van der Waals surface area contributed by atoms with E-state index < -0.39 is 0 Å². The second-order valence-electron chi connectivity index (χ2n) is 2.77. The van der Waals surface area contributed by atoms with Crippen LogP contribution >= 0.6 is 23.4 Å². The Bertz CT molecular complexity index is 461. The molecule has 0 spiro atoms. The molecule has 0 aliphatic carbocycles. The maximum Gasteiger partial charge on any atom is 0.110 e. The fourth-order valence-electron chi connectivity index (χ4n) is 1.18. The van der Waals surface area contributed by atoms with Crippen LogP contribution in [-0.2, 0) is 0 Å². The number of pyridine rings is 1. The Hall–Kier alpha value is -1.13. The van der Waals surface area contributed by atoms with E-state index in [0.717, 1.165) is 4.90 Å². The van der Waals surface area contributed by atoms with Crippen LogP contribution in [0.3, 0.4) is 0 Å². The molecule has 0 atom stereocenters. The average Bonchev–Trinajstić information content (AvgIpc) is 2.30. The Balaban J connectivity index is 2.54. The maximum absolute atomic E-state index is 6.19. The van der Waals surface area contributed by atoms with E-state index in [4.69, 9.17) is 11.6 Å². The lowest BCUT2D eigenvalue weighted by molar-refractivity contribution is 1.16. The number of rotatable bonds is 2. The summed E-state index contributed by atoms with van der Waals surface area (Å²) in [5, 5.41) is 0.630. The Labute approximate surface area is 96.9 Å². The summed E-state index contributed by atoms with van der Waals surface area (Å²) in [5.41, 5.74) is 1.37. The minimum atomic E-state index is 0.630. The van der Waals surface area contributed by atoms with E-state index in [2.05, 4.69) is 15.0 Å². The summed E-state index contributed by atoms with van der Waals surface area (Å²) in [6.07, 6.45) is 8.59. The lowest BCUT2D eigenvalue weighted by atomic mass is 10.3. The van der Waals surface area contributed by atoms with Gasteiger partial charge in [-0.15, -0.1) is 11.8 Å². The lowest BCUT2D eigenvalue weighted by Crippen LogP contribution is -1.90. The number of hydrogen-bond donors (Lipinski definition) is 0. The SMILES string of the molecule is CSc1ccnc(-c2cnccn2)c1Cl. The molecule has 0 radical (unpaired) electrons. The van der Waals surface area contributed by atoms with Gasteiger partial charge in [0.05, 0.1) is 11.2 Å². The van der Waals surface area contributed by atoms with Crippen molar-refractivity contribution in [1.29, 1.82) is 0 Å². The predicted molar refractivity (Wildman–Crippen MR) is 62.1 cm³/mol. The van der Waals surface area contributed by atoms with Crippen LogP contribution in [0.25, 0.3) is 11.4 Å². The van der Waals surface area contributed by atoms with Crippen molar-refractivity contribution in [2.24, 2.45) is 0 Å². The summed E-state index contributed by atoms with van der Waals surface area (Å²) in [5.74, 6) is 0. The molecule has 0 amide bonds. The summed E-state index contributed by atoms with van der Waals surface area (Å²) in [6.45, 7) is 0. The molecule has 15 heavy (non-hydrogen) atoms. The molecule has 0 aliphatic heterocycles. The van der Waals surface area contributed by atoms with Crippen molar-refractivity contribution in [3.63, 3.8) is 0 Å². The quantitative estimate of drug-likeness (QED) is 0.753. The summed E-state index contributed by atoms with van der Waals surface area (Å²) in [7, 11) is 0. The number of nitrogens with zero attached hydrogens (tertiary/aromatic N) is 3. The predicted octanol–water partition coefficient (Wildman–Crippen LogP) is 2.91. The highest BCUT2D eigenvalue weighted by Crippen LogP contribution is 2.31. The molecule has 2 rings (SSSR count). The first-order chi connectivity index (χ1) is 7.33. The molecule has 0 aliphatic rings. The van der Waals surface area contributed by atoms with Crippen molar-refractivity contribution in [3.05, 3.63) is 35.9 Å². The third-order valence-electron chi connectivity index (χ3n) is 1.88. The molecule has 0 saturated carbocycles. The normalized spacial score (nSPS) is 10.3. The van der Waals surface area contributed by atoms with E-state index >= 15 is 0 Å². The topological polar surface area (TPSA) is 38.7 Å². The minimum absolute atomic E-state index is 0.630. The minimum Gasteiger partial charge on any atom is -0.261 e. The van der Waals surface area contributed by atoms with E-state index in [1.807, 2.05) is 12.3 Å². The second-order valence-corrected chi connectivity index (χ2v) is 3.99. The van der Waals surface area contributed by atoms with Crippen LogP contribution in [0.4, 0.5) is 0 Å². The zero-order valence-electron chi connectivity index (χ0n) is 8.01. The van der Waals surface area contributed by atoms with Gasteiger partial charge in [0.1, 0.15) is 11.4 Å². The van der Waals surface area contributed by atoms with Crippen molar-refractivity contribution < 1.29 is 0 Å². The zero-order valence-corrected chi connectivity index (χ0v) is 9.59. The fraction of sp³-hybridized carbons (Fsp3) is 0.100. The van der Waals surface area contributed by atoms with Crippen molar-refractivity contribution >= 4 is 23.4 Å². The van der Waals surface area contributed by atoms with Crippen molar-refractivity contribution in [2.45, 2.75) is 4.90 Å². The van der Waals surface area contributed by atoms with E-state index in [0.29, 0.717) is 16.4 Å². The average molecular weight is 238 g/mol. The van der Waals surface area contributed by atoms with Crippen LogP contribution < -0.4 is 0 Å². The molecule has 3 nitrogen and oxygen atoms in total. The monoisotopic (exact) mass is 237 g/mol. The third kappa shape index (κ3) is 2.11. The van der Waals surface area contributed by atoms with Gasteiger partial charge >= 0.3 is 0 Å². The van der Waals surface area contributed by atoms with E-state index in [1.54, 1.807) is 36.5 Å². The Morgan fingerprint density at radius 3 is 2.73 bits per heavy atom. The van der Waals surface area contributed by atoms with Gasteiger partial charge in [-0.2, -0.15) is 0 Å². The summed E-state index contributed by atoms with van der Waals surface area (Å²) in [6, 6.07) is 1.88. The summed E-state index contributed by atoms with van der Waals surface area (Å²) < 4.78 is 0. The van der Waals surface area contributed by atoms with Gasteiger partial charge in [0.2, 0.25) is 0 Å². The van der Waals surface area contributed by atoms with Crippen LogP contribution in [0.2, 0.25) is 5.02 Å². The molecular formula is C10H8ClN3S. The number of hydrogen-bond acceptors (Lipinski definition) is 4. The standard InChI is InChI=1S/C10H8ClN3S/c1-15-8-2-3-14-10(9(8)11)7-6-12-4-5-13-7/h2-6H,1H3. The van der Waals surface area contributed by atoms with E-state index in [-0.39, 0.29) is 0 Å². The molecule has 76 valence electrons. The second kappa shape index (κ2) is 4.59. The molecule has 2 heterocycles. The van der Waals surface area contributed by atoms with E-state index in [9.17, 15) is 0 Å². The smallest absolute Gasteiger partial charge is 0.110 e. The van der Waals surface area contributed by atoms with E-state index in [1.165, 1.54) is 0 Å². The van der Waals surface area contributed by atoms with Gasteiger partial charge in [-0.3, -0.25) is 15.0 Å². The van der Waals surface area contributed by atoms with Crippen LogP contribution in [0.1, 0.15) is 0 Å². The molecule has 0 fully saturated rings.